The van der Waals surface area contributed by atoms with Gasteiger partial charge in [-0.25, -0.2) is 4.98 Å². The monoisotopic (exact) mass is 446 g/mol. The number of hydrogen-bond acceptors (Lipinski definition) is 5. The largest absolute Gasteiger partial charge is 0.305 e. The van der Waals surface area contributed by atoms with Crippen molar-refractivity contribution in [2.45, 2.75) is 17.8 Å². The van der Waals surface area contributed by atoms with Gasteiger partial charge in [0.05, 0.1) is 10.7 Å². The number of hydrogen-bond donors (Lipinski definition) is 0. The van der Waals surface area contributed by atoms with Gasteiger partial charge in [-0.05, 0) is 25.1 Å². The lowest BCUT2D eigenvalue weighted by molar-refractivity contribution is 0.793. The van der Waals surface area contributed by atoms with Crippen molar-refractivity contribution in [1.29, 1.82) is 0 Å². The van der Waals surface area contributed by atoms with Gasteiger partial charge in [-0.3, -0.25) is 0 Å². The lowest BCUT2D eigenvalue weighted by atomic mass is 10.2. The van der Waals surface area contributed by atoms with E-state index < -0.39 is 0 Å². The van der Waals surface area contributed by atoms with Crippen molar-refractivity contribution in [3.05, 3.63) is 69.1 Å². The molecule has 0 spiro atoms. The molecule has 28 heavy (non-hydrogen) atoms. The summed E-state index contributed by atoms with van der Waals surface area (Å²) in [7, 11) is 1.93. The summed E-state index contributed by atoms with van der Waals surface area (Å²) in [5.41, 5.74) is 4.23. The molecule has 2 aromatic heterocycles. The minimum Gasteiger partial charge on any atom is -0.305 e. The fourth-order valence-corrected chi connectivity index (χ4v) is 4.91. The quantitative estimate of drug-likeness (QED) is 0.327. The molecule has 0 saturated heterocycles. The first-order chi connectivity index (χ1) is 13.5. The van der Waals surface area contributed by atoms with Crippen LogP contribution >= 0.6 is 46.3 Å². The first-order valence-electron chi connectivity index (χ1n) is 8.50. The van der Waals surface area contributed by atoms with Crippen molar-refractivity contribution in [2.75, 3.05) is 0 Å². The Balaban J connectivity index is 1.49. The molecule has 0 bridgehead atoms. The Kier molecular flexibility index (Phi) is 5.73. The second-order valence-corrected chi connectivity index (χ2v) is 8.93. The van der Waals surface area contributed by atoms with Crippen LogP contribution in [-0.4, -0.2) is 19.7 Å². The zero-order valence-corrected chi connectivity index (χ0v) is 18.3. The molecule has 4 aromatic rings. The van der Waals surface area contributed by atoms with E-state index in [0.717, 1.165) is 32.7 Å². The van der Waals surface area contributed by atoms with Gasteiger partial charge in [-0.15, -0.1) is 21.5 Å². The smallest absolute Gasteiger partial charge is 0.191 e. The highest BCUT2D eigenvalue weighted by molar-refractivity contribution is 7.98. The summed E-state index contributed by atoms with van der Waals surface area (Å²) >= 11 is 15.5. The van der Waals surface area contributed by atoms with Crippen LogP contribution in [0.1, 0.15) is 11.3 Å². The zero-order valence-electron chi connectivity index (χ0n) is 15.2. The Hall–Kier alpha value is -1.86. The standard InChI is InChI=1S/C20H16Cl2N4S2/c1-12-3-5-13(6-4-12)19-23-15(10-27-19)11-28-20-25-24-18(26(20)2)16-8-7-14(21)9-17(16)22/h3-10H,11H2,1-2H3. The normalized spacial score (nSPS) is 11.1. The first kappa shape index (κ1) is 19.5. The number of aromatic nitrogens is 4. The van der Waals surface area contributed by atoms with Crippen molar-refractivity contribution >= 4 is 46.3 Å². The van der Waals surface area contributed by atoms with E-state index in [2.05, 4.69) is 46.8 Å². The van der Waals surface area contributed by atoms with Crippen molar-refractivity contribution < 1.29 is 0 Å². The van der Waals surface area contributed by atoms with Crippen LogP contribution in [0.15, 0.2) is 53.0 Å². The summed E-state index contributed by atoms with van der Waals surface area (Å²) in [6.07, 6.45) is 0. The minimum absolute atomic E-state index is 0.557. The average molecular weight is 447 g/mol. The summed E-state index contributed by atoms with van der Waals surface area (Å²) in [5, 5.41) is 13.7. The number of thiazole rings is 1. The molecule has 0 N–H and O–H groups in total. The topological polar surface area (TPSA) is 43.6 Å². The Labute approximate surface area is 181 Å². The number of benzene rings is 2. The van der Waals surface area contributed by atoms with Crippen molar-refractivity contribution in [2.24, 2.45) is 7.05 Å². The maximum absolute atomic E-state index is 6.31. The Morgan fingerprint density at radius 2 is 1.86 bits per heavy atom. The molecule has 0 atom stereocenters. The van der Waals surface area contributed by atoms with Crippen LogP contribution in [0, 0.1) is 6.92 Å². The molecular weight excluding hydrogens is 431 g/mol. The van der Waals surface area contributed by atoms with E-state index in [-0.39, 0.29) is 0 Å². The van der Waals surface area contributed by atoms with Gasteiger partial charge in [0.15, 0.2) is 11.0 Å². The predicted molar refractivity (Wildman–Crippen MR) is 118 cm³/mol. The number of nitrogens with zero attached hydrogens (tertiary/aromatic N) is 4. The van der Waals surface area contributed by atoms with E-state index in [9.17, 15) is 0 Å². The Bertz CT molecular complexity index is 1120. The van der Waals surface area contributed by atoms with Gasteiger partial charge in [-0.2, -0.15) is 0 Å². The van der Waals surface area contributed by atoms with E-state index in [1.807, 2.05) is 17.7 Å². The van der Waals surface area contributed by atoms with E-state index >= 15 is 0 Å². The van der Waals surface area contributed by atoms with Crippen LogP contribution in [-0.2, 0) is 12.8 Å². The van der Waals surface area contributed by atoms with E-state index in [0.29, 0.717) is 15.9 Å². The van der Waals surface area contributed by atoms with E-state index in [1.165, 1.54) is 5.56 Å². The lowest BCUT2D eigenvalue weighted by Crippen LogP contribution is -1.95. The highest BCUT2D eigenvalue weighted by atomic mass is 35.5. The van der Waals surface area contributed by atoms with Crippen LogP contribution in [0.25, 0.3) is 22.0 Å². The molecule has 0 saturated carbocycles. The summed E-state index contributed by atoms with van der Waals surface area (Å²) in [4.78, 5) is 4.75. The summed E-state index contributed by atoms with van der Waals surface area (Å²) < 4.78 is 1.94. The summed E-state index contributed by atoms with van der Waals surface area (Å²) in [5.74, 6) is 1.44. The molecule has 0 radical (unpaired) electrons. The highest BCUT2D eigenvalue weighted by Crippen LogP contribution is 2.32. The van der Waals surface area contributed by atoms with E-state index in [1.54, 1.807) is 35.2 Å². The van der Waals surface area contributed by atoms with Gasteiger partial charge < -0.3 is 4.57 Å². The molecular formula is C20H16Cl2N4S2. The number of rotatable bonds is 5. The second-order valence-electron chi connectivity index (χ2n) is 6.29. The number of halogens is 2. The average Bonchev–Trinajstić information content (AvgIpc) is 3.28. The third kappa shape index (κ3) is 4.10. The van der Waals surface area contributed by atoms with Crippen molar-refractivity contribution in [3.63, 3.8) is 0 Å². The number of thioether (sulfide) groups is 1. The zero-order chi connectivity index (χ0) is 19.7. The fourth-order valence-electron chi connectivity index (χ4n) is 2.69. The van der Waals surface area contributed by atoms with Gasteiger partial charge in [-0.1, -0.05) is 64.8 Å². The SMILES string of the molecule is Cc1ccc(-c2nc(CSc3nnc(-c4ccc(Cl)cc4Cl)n3C)cs2)cc1. The molecule has 142 valence electrons. The van der Waals surface area contributed by atoms with Gasteiger partial charge in [0, 0.05) is 34.3 Å². The second kappa shape index (κ2) is 8.25. The van der Waals surface area contributed by atoms with Crippen molar-refractivity contribution in [1.82, 2.24) is 19.7 Å². The molecule has 0 aliphatic carbocycles. The maximum Gasteiger partial charge on any atom is 0.191 e. The molecule has 0 fully saturated rings. The minimum atomic E-state index is 0.557. The van der Waals surface area contributed by atoms with Crippen LogP contribution in [0.2, 0.25) is 10.0 Å². The van der Waals surface area contributed by atoms with Crippen LogP contribution in [0.3, 0.4) is 0 Å². The Morgan fingerprint density at radius 1 is 1.07 bits per heavy atom. The van der Waals surface area contributed by atoms with Crippen LogP contribution < -0.4 is 0 Å². The molecule has 0 aliphatic rings. The molecule has 4 nitrogen and oxygen atoms in total. The predicted octanol–water partition coefficient (Wildman–Crippen LogP) is 6.51. The lowest BCUT2D eigenvalue weighted by Gasteiger charge is -2.05. The summed E-state index contributed by atoms with van der Waals surface area (Å²) in [6, 6.07) is 13.8. The third-order valence-electron chi connectivity index (χ3n) is 4.21. The molecule has 8 heteroatoms. The Morgan fingerprint density at radius 3 is 2.61 bits per heavy atom. The van der Waals surface area contributed by atoms with Gasteiger partial charge in [0.25, 0.3) is 0 Å². The molecule has 0 unspecified atom stereocenters. The third-order valence-corrected chi connectivity index (χ3v) is 6.75. The van der Waals surface area contributed by atoms with E-state index in [4.69, 9.17) is 28.2 Å². The molecule has 2 aromatic carbocycles. The summed E-state index contributed by atoms with van der Waals surface area (Å²) in [6.45, 7) is 2.08. The fraction of sp³-hybridized carbons (Fsp3) is 0.150. The van der Waals surface area contributed by atoms with Crippen LogP contribution in [0.5, 0.6) is 0 Å². The molecule has 0 amide bonds. The van der Waals surface area contributed by atoms with Gasteiger partial charge in [0.2, 0.25) is 0 Å². The van der Waals surface area contributed by atoms with Crippen molar-refractivity contribution in [3.8, 4) is 22.0 Å². The first-order valence-corrected chi connectivity index (χ1v) is 11.1. The maximum atomic E-state index is 6.31. The number of aryl methyl sites for hydroxylation is 1. The van der Waals surface area contributed by atoms with Gasteiger partial charge in [0.1, 0.15) is 5.01 Å². The molecule has 2 heterocycles. The molecule has 4 rings (SSSR count). The molecule has 0 aliphatic heterocycles. The highest BCUT2D eigenvalue weighted by Gasteiger charge is 2.15. The van der Waals surface area contributed by atoms with Gasteiger partial charge >= 0.3 is 0 Å². The van der Waals surface area contributed by atoms with Crippen LogP contribution in [0.4, 0.5) is 0 Å².